The van der Waals surface area contributed by atoms with Crippen molar-refractivity contribution in [3.05, 3.63) is 0 Å². The van der Waals surface area contributed by atoms with E-state index in [0.717, 1.165) is 64.3 Å². The third-order valence-corrected chi connectivity index (χ3v) is 11.0. The Balaban J connectivity index is 5.36. The number of rotatable bonds is 36. The molecule has 0 aromatic heterocycles. The summed E-state index contributed by atoms with van der Waals surface area (Å²) >= 11 is 1.40. The van der Waals surface area contributed by atoms with Crippen LogP contribution in [0.25, 0.3) is 0 Å². The summed E-state index contributed by atoms with van der Waals surface area (Å²) in [5, 5.41) is 6.53. The molecule has 0 rings (SSSR count). The molecule has 3 unspecified atom stereocenters. The van der Waals surface area contributed by atoms with E-state index in [4.69, 9.17) is 0 Å². The smallest absolute Gasteiger partial charge is 0.242 e. The zero-order chi connectivity index (χ0) is 36.4. The Hall–Kier alpha value is -1.08. The van der Waals surface area contributed by atoms with Crippen LogP contribution in [0.4, 0.5) is 0 Å². The van der Waals surface area contributed by atoms with Crippen LogP contribution in [-0.4, -0.2) is 60.8 Å². The average molecular weight is 710 g/mol. The molecule has 0 radical (unpaired) electrons. The Morgan fingerprint density at radius 2 is 0.898 bits per heavy atom. The highest BCUT2D eigenvalue weighted by molar-refractivity contribution is 8.13. The number of unbranched alkanes of at least 4 members (excludes halogenated alkanes) is 18. The molecular formula is C42H83N3O3S. The average Bonchev–Trinajstić information content (AvgIpc) is 3.08. The lowest BCUT2D eigenvalue weighted by Crippen LogP contribution is -2.49. The van der Waals surface area contributed by atoms with Crippen LogP contribution in [0.3, 0.4) is 0 Å². The molecule has 49 heavy (non-hydrogen) atoms. The Morgan fingerprint density at radius 1 is 0.510 bits per heavy atom. The van der Waals surface area contributed by atoms with Crippen LogP contribution in [0.5, 0.6) is 0 Å². The number of hydrogen-bond donors (Lipinski definition) is 2. The third kappa shape index (κ3) is 29.2. The minimum Gasteiger partial charge on any atom is -0.353 e. The highest BCUT2D eigenvalue weighted by Crippen LogP contribution is 2.26. The molecule has 0 saturated heterocycles. The Kier molecular flexibility index (Phi) is 34.5. The van der Waals surface area contributed by atoms with E-state index in [1.54, 1.807) is 0 Å². The normalized spacial score (nSPS) is 13.4. The standard InChI is InChI=1S/C42H83N3O3S/c1-7-11-15-19-21-24-28-32-38(31-27-22-17-13-9-3)42(48)49-36-33-39(41(47)43-34-35-45(5)6)44-40(46)37(29-25-18-14-10-4)30-26-23-20-16-12-8-2/h37-39H,7-36H2,1-6H3,(H,43,47)(H,44,46). The van der Waals surface area contributed by atoms with Crippen molar-refractivity contribution in [1.82, 2.24) is 15.5 Å². The van der Waals surface area contributed by atoms with Gasteiger partial charge in [0.05, 0.1) is 0 Å². The summed E-state index contributed by atoms with van der Waals surface area (Å²) in [5.74, 6) is 0.524. The molecule has 0 aliphatic carbocycles. The van der Waals surface area contributed by atoms with E-state index in [1.165, 1.54) is 121 Å². The van der Waals surface area contributed by atoms with E-state index in [1.807, 2.05) is 19.0 Å². The Bertz CT molecular complexity index is 778. The van der Waals surface area contributed by atoms with Gasteiger partial charge in [-0.3, -0.25) is 14.4 Å². The molecule has 0 aromatic carbocycles. The van der Waals surface area contributed by atoms with Crippen LogP contribution in [0, 0.1) is 11.8 Å². The van der Waals surface area contributed by atoms with Crippen LogP contribution in [0.1, 0.15) is 201 Å². The monoisotopic (exact) mass is 710 g/mol. The maximum atomic E-state index is 13.7. The van der Waals surface area contributed by atoms with Gasteiger partial charge in [-0.1, -0.05) is 181 Å². The van der Waals surface area contributed by atoms with Crippen molar-refractivity contribution in [1.29, 1.82) is 0 Å². The first-order valence-electron chi connectivity index (χ1n) is 21.2. The second-order valence-electron chi connectivity index (χ2n) is 15.0. The van der Waals surface area contributed by atoms with E-state index in [2.05, 4.69) is 38.3 Å². The van der Waals surface area contributed by atoms with E-state index in [-0.39, 0.29) is 28.8 Å². The molecule has 2 N–H and O–H groups in total. The van der Waals surface area contributed by atoms with Crippen molar-refractivity contribution in [3.8, 4) is 0 Å². The molecule has 0 bridgehead atoms. The molecule has 7 heteroatoms. The predicted octanol–water partition coefficient (Wildman–Crippen LogP) is 11.3. The molecule has 2 amide bonds. The van der Waals surface area contributed by atoms with Crippen LogP contribution >= 0.6 is 11.8 Å². The molecule has 0 saturated carbocycles. The van der Waals surface area contributed by atoms with Crippen LogP contribution in [-0.2, 0) is 14.4 Å². The summed E-state index contributed by atoms with van der Waals surface area (Å²) in [4.78, 5) is 42.7. The number of carbonyl (C=O) groups excluding carboxylic acids is 3. The zero-order valence-electron chi connectivity index (χ0n) is 33.5. The van der Waals surface area contributed by atoms with Gasteiger partial charge in [-0.2, -0.15) is 0 Å². The minimum absolute atomic E-state index is 0.0260. The van der Waals surface area contributed by atoms with Crippen LogP contribution in [0.15, 0.2) is 0 Å². The maximum Gasteiger partial charge on any atom is 0.242 e. The topological polar surface area (TPSA) is 78.5 Å². The lowest BCUT2D eigenvalue weighted by molar-refractivity contribution is -0.131. The van der Waals surface area contributed by atoms with Gasteiger partial charge in [0.2, 0.25) is 11.8 Å². The van der Waals surface area contributed by atoms with Gasteiger partial charge >= 0.3 is 0 Å². The van der Waals surface area contributed by atoms with Gasteiger partial charge in [-0.05, 0) is 46.2 Å². The lowest BCUT2D eigenvalue weighted by Gasteiger charge is -2.23. The molecular weight excluding hydrogens is 627 g/mol. The fraction of sp³-hybridized carbons (Fsp3) is 0.929. The maximum absolute atomic E-state index is 13.7. The summed E-state index contributed by atoms with van der Waals surface area (Å²) in [7, 11) is 3.98. The number of thioether (sulfide) groups is 1. The Morgan fingerprint density at radius 3 is 1.33 bits per heavy atom. The zero-order valence-corrected chi connectivity index (χ0v) is 34.3. The lowest BCUT2D eigenvalue weighted by atomic mass is 9.93. The number of nitrogens with zero attached hydrogens (tertiary/aromatic N) is 1. The van der Waals surface area contributed by atoms with Gasteiger partial charge in [0.15, 0.2) is 5.12 Å². The quantitative estimate of drug-likeness (QED) is 0.0633. The number of amides is 2. The minimum atomic E-state index is -0.603. The second-order valence-corrected chi connectivity index (χ2v) is 16.1. The van der Waals surface area contributed by atoms with Gasteiger partial charge in [-0.15, -0.1) is 0 Å². The molecule has 290 valence electrons. The fourth-order valence-corrected chi connectivity index (χ4v) is 7.62. The summed E-state index contributed by atoms with van der Waals surface area (Å²) in [6, 6.07) is -0.603. The van der Waals surface area contributed by atoms with E-state index in [0.29, 0.717) is 18.7 Å². The molecule has 0 spiro atoms. The first kappa shape index (κ1) is 47.9. The van der Waals surface area contributed by atoms with Gasteiger partial charge in [-0.25, -0.2) is 0 Å². The number of hydrogen-bond acceptors (Lipinski definition) is 5. The molecule has 0 aliphatic heterocycles. The second kappa shape index (κ2) is 35.3. The molecule has 0 aliphatic rings. The molecule has 0 heterocycles. The van der Waals surface area contributed by atoms with E-state index >= 15 is 0 Å². The van der Waals surface area contributed by atoms with E-state index < -0.39 is 6.04 Å². The van der Waals surface area contributed by atoms with Crippen LogP contribution < -0.4 is 10.6 Å². The van der Waals surface area contributed by atoms with Crippen molar-refractivity contribution < 1.29 is 14.4 Å². The predicted molar refractivity (Wildman–Crippen MR) is 215 cm³/mol. The number of nitrogens with one attached hydrogen (secondary N) is 2. The third-order valence-electron chi connectivity index (χ3n) is 9.97. The highest BCUT2D eigenvalue weighted by atomic mass is 32.2. The van der Waals surface area contributed by atoms with Gasteiger partial charge in [0.1, 0.15) is 6.04 Å². The largest absolute Gasteiger partial charge is 0.353 e. The first-order chi connectivity index (χ1) is 23.8. The van der Waals surface area contributed by atoms with Gasteiger partial charge in [0.25, 0.3) is 0 Å². The Labute approximate surface area is 309 Å². The first-order valence-corrected chi connectivity index (χ1v) is 22.2. The molecule has 3 atom stereocenters. The van der Waals surface area contributed by atoms with Crippen molar-refractivity contribution in [2.24, 2.45) is 11.8 Å². The van der Waals surface area contributed by atoms with E-state index in [9.17, 15) is 14.4 Å². The summed E-state index contributed by atoms with van der Waals surface area (Å²) in [5.41, 5.74) is 0. The number of likely N-dealkylation sites (N-methyl/N-ethyl adjacent to an activating group) is 1. The van der Waals surface area contributed by atoms with Gasteiger partial charge < -0.3 is 15.5 Å². The molecule has 6 nitrogen and oxygen atoms in total. The summed E-state index contributed by atoms with van der Waals surface area (Å²) in [6.45, 7) is 10.2. The highest BCUT2D eigenvalue weighted by Gasteiger charge is 2.26. The number of carbonyl (C=O) groups is 3. The van der Waals surface area contributed by atoms with Crippen molar-refractivity contribution in [2.75, 3.05) is 32.9 Å². The molecule has 0 fully saturated rings. The van der Waals surface area contributed by atoms with Gasteiger partial charge in [0, 0.05) is 30.7 Å². The van der Waals surface area contributed by atoms with Crippen molar-refractivity contribution in [3.63, 3.8) is 0 Å². The van der Waals surface area contributed by atoms with Crippen molar-refractivity contribution >= 4 is 28.7 Å². The summed E-state index contributed by atoms with van der Waals surface area (Å²) in [6.07, 6.45) is 31.0. The van der Waals surface area contributed by atoms with Crippen molar-refractivity contribution in [2.45, 2.75) is 207 Å². The fourth-order valence-electron chi connectivity index (χ4n) is 6.60. The SMILES string of the molecule is CCCCCCCCCC(CCCCCCC)C(=O)SCCC(NC(=O)C(CCCCCC)CCCCCCCC)C(=O)NCCN(C)C. The summed E-state index contributed by atoms with van der Waals surface area (Å²) < 4.78 is 0. The molecule has 0 aromatic rings. The van der Waals surface area contributed by atoms with Crippen LogP contribution in [0.2, 0.25) is 0 Å².